The fourth-order valence-corrected chi connectivity index (χ4v) is 2.28. The fraction of sp³-hybridized carbons (Fsp3) is 0.625. The molecule has 14 N–H and O–H groups in total. The van der Waals surface area contributed by atoms with Crippen LogP contribution in [0.25, 0.3) is 0 Å². The summed E-state index contributed by atoms with van der Waals surface area (Å²) in [6.07, 6.45) is -0.370. The number of aliphatic hydroxyl groups is 2. The molecule has 0 aliphatic heterocycles. The van der Waals surface area contributed by atoms with E-state index in [-0.39, 0.29) is 25.3 Å². The van der Waals surface area contributed by atoms with Crippen molar-refractivity contribution in [1.29, 1.82) is 0 Å². The quantitative estimate of drug-likeness (QED) is 0.0619. The predicted octanol–water partition coefficient (Wildman–Crippen LogP) is -6.23. The molecule has 0 spiro atoms. The van der Waals surface area contributed by atoms with Crippen molar-refractivity contribution in [2.45, 2.75) is 43.4 Å². The van der Waals surface area contributed by atoms with Gasteiger partial charge in [0.1, 0.15) is 18.1 Å². The summed E-state index contributed by atoms with van der Waals surface area (Å²) in [4.78, 5) is 62.5. The number of nitrogens with one attached hydrogen (secondary N) is 3. The molecule has 182 valence electrons. The fourth-order valence-electron chi connectivity index (χ4n) is 2.28. The summed E-state index contributed by atoms with van der Waals surface area (Å²) >= 11 is 0. The maximum absolute atomic E-state index is 12.5. The Morgan fingerprint density at radius 2 is 1.31 bits per heavy atom. The average molecular weight is 462 g/mol. The highest BCUT2D eigenvalue weighted by Gasteiger charge is 2.30. The van der Waals surface area contributed by atoms with Crippen molar-refractivity contribution in [2.75, 3.05) is 19.8 Å². The van der Waals surface area contributed by atoms with Crippen molar-refractivity contribution >= 4 is 35.6 Å². The molecule has 4 unspecified atom stereocenters. The second kappa shape index (κ2) is 14.5. The van der Waals surface area contributed by atoms with E-state index >= 15 is 0 Å². The van der Waals surface area contributed by atoms with Gasteiger partial charge in [0.2, 0.25) is 23.6 Å². The molecule has 0 rings (SSSR count). The molecule has 0 aromatic rings. The molecular weight excluding hydrogens is 432 g/mol. The smallest absolute Gasteiger partial charge is 0.328 e. The molecule has 0 bridgehead atoms. The first-order valence-corrected chi connectivity index (χ1v) is 9.37. The molecule has 4 amide bonds. The van der Waals surface area contributed by atoms with Crippen LogP contribution < -0.4 is 38.9 Å². The number of aliphatic carboxylic acids is 1. The van der Waals surface area contributed by atoms with E-state index < -0.39 is 73.4 Å². The number of amides is 4. The first-order valence-electron chi connectivity index (χ1n) is 9.37. The van der Waals surface area contributed by atoms with Crippen molar-refractivity contribution in [2.24, 2.45) is 27.9 Å². The van der Waals surface area contributed by atoms with E-state index in [9.17, 15) is 29.1 Å². The number of carboxylic acid groups (broad SMARTS) is 1. The van der Waals surface area contributed by atoms with Gasteiger partial charge < -0.3 is 54.2 Å². The number of rotatable bonds is 15. The van der Waals surface area contributed by atoms with Crippen molar-refractivity contribution in [3.05, 3.63) is 0 Å². The minimum Gasteiger partial charge on any atom is -0.480 e. The number of aliphatic hydroxyl groups excluding tert-OH is 2. The first-order chi connectivity index (χ1) is 14.9. The molecule has 16 heteroatoms. The van der Waals surface area contributed by atoms with Crippen LogP contribution in [0.3, 0.4) is 0 Å². The SMILES string of the molecule is NC(=O)CC(N)C(=O)NC(CO)C(=O)NC(CCCN=C(N)N)C(=O)NC(CO)C(=O)O. The van der Waals surface area contributed by atoms with Gasteiger partial charge in [-0.15, -0.1) is 0 Å². The number of hydrogen-bond acceptors (Lipinski definition) is 9. The van der Waals surface area contributed by atoms with E-state index in [1.54, 1.807) is 0 Å². The van der Waals surface area contributed by atoms with Crippen LogP contribution in [0.2, 0.25) is 0 Å². The lowest BCUT2D eigenvalue weighted by Gasteiger charge is -2.24. The first kappa shape index (κ1) is 28.5. The van der Waals surface area contributed by atoms with E-state index in [1.807, 2.05) is 5.32 Å². The summed E-state index contributed by atoms with van der Waals surface area (Å²) in [5.41, 5.74) is 20.8. The zero-order chi connectivity index (χ0) is 24.8. The average Bonchev–Trinajstić information content (AvgIpc) is 2.70. The number of nitrogens with zero attached hydrogens (tertiary/aromatic N) is 1. The lowest BCUT2D eigenvalue weighted by atomic mass is 10.1. The zero-order valence-electron chi connectivity index (χ0n) is 17.2. The van der Waals surface area contributed by atoms with Gasteiger partial charge in [0.05, 0.1) is 25.7 Å². The molecule has 0 saturated heterocycles. The van der Waals surface area contributed by atoms with E-state index in [2.05, 4.69) is 15.6 Å². The highest BCUT2D eigenvalue weighted by atomic mass is 16.4. The highest BCUT2D eigenvalue weighted by Crippen LogP contribution is 2.02. The predicted molar refractivity (Wildman–Crippen MR) is 109 cm³/mol. The minimum absolute atomic E-state index is 0.0561. The van der Waals surface area contributed by atoms with E-state index in [0.717, 1.165) is 0 Å². The van der Waals surface area contributed by atoms with Crippen LogP contribution in [0, 0.1) is 0 Å². The number of carbonyl (C=O) groups is 5. The molecular formula is C16H30N8O8. The normalized spacial score (nSPS) is 14.2. The largest absolute Gasteiger partial charge is 0.480 e. The van der Waals surface area contributed by atoms with Crippen LogP contribution in [-0.2, 0) is 24.0 Å². The summed E-state index contributed by atoms with van der Waals surface area (Å²) in [6, 6.07) is -5.86. The molecule has 16 nitrogen and oxygen atoms in total. The molecule has 32 heavy (non-hydrogen) atoms. The third-order valence-electron chi connectivity index (χ3n) is 3.95. The molecule has 0 fully saturated rings. The summed E-state index contributed by atoms with van der Waals surface area (Å²) < 4.78 is 0. The topological polar surface area (TPSA) is 299 Å². The van der Waals surface area contributed by atoms with Gasteiger partial charge in [-0.25, -0.2) is 4.79 Å². The van der Waals surface area contributed by atoms with E-state index in [4.69, 9.17) is 33.1 Å². The van der Waals surface area contributed by atoms with E-state index in [1.165, 1.54) is 0 Å². The maximum Gasteiger partial charge on any atom is 0.328 e. The molecule has 0 aromatic heterocycles. The second-order valence-corrected chi connectivity index (χ2v) is 6.61. The Morgan fingerprint density at radius 1 is 0.812 bits per heavy atom. The van der Waals surface area contributed by atoms with Gasteiger partial charge in [-0.2, -0.15) is 0 Å². The lowest BCUT2D eigenvalue weighted by Crippen LogP contribution is -2.58. The van der Waals surface area contributed by atoms with E-state index in [0.29, 0.717) is 0 Å². The Labute approximate surface area is 182 Å². The van der Waals surface area contributed by atoms with Crippen molar-refractivity contribution in [1.82, 2.24) is 16.0 Å². The molecule has 0 aliphatic rings. The molecule has 4 atom stereocenters. The number of guanidine groups is 1. The third-order valence-corrected chi connectivity index (χ3v) is 3.95. The zero-order valence-corrected chi connectivity index (χ0v) is 17.2. The molecule has 0 heterocycles. The summed E-state index contributed by atoms with van der Waals surface area (Å²) in [6.45, 7) is -1.69. The van der Waals surface area contributed by atoms with Gasteiger partial charge in [-0.1, -0.05) is 0 Å². The molecule has 0 aromatic carbocycles. The van der Waals surface area contributed by atoms with Crippen LogP contribution in [0.1, 0.15) is 19.3 Å². The number of primary amides is 1. The number of carboxylic acids is 1. The number of aliphatic imine (C=N–C) groups is 1. The van der Waals surface area contributed by atoms with Gasteiger partial charge in [-0.3, -0.25) is 24.2 Å². The van der Waals surface area contributed by atoms with Gasteiger partial charge in [0, 0.05) is 6.54 Å². The third kappa shape index (κ3) is 11.0. The molecule has 0 aliphatic carbocycles. The Bertz CT molecular complexity index is 712. The molecule has 0 saturated carbocycles. The summed E-state index contributed by atoms with van der Waals surface area (Å²) in [7, 11) is 0. The van der Waals surface area contributed by atoms with Crippen LogP contribution >= 0.6 is 0 Å². The Morgan fingerprint density at radius 3 is 1.78 bits per heavy atom. The van der Waals surface area contributed by atoms with Gasteiger partial charge in [-0.05, 0) is 12.8 Å². The van der Waals surface area contributed by atoms with Crippen molar-refractivity contribution in [3.63, 3.8) is 0 Å². The Balaban J connectivity index is 5.28. The van der Waals surface area contributed by atoms with Gasteiger partial charge >= 0.3 is 5.97 Å². The van der Waals surface area contributed by atoms with Crippen molar-refractivity contribution in [3.8, 4) is 0 Å². The van der Waals surface area contributed by atoms with Gasteiger partial charge in [0.25, 0.3) is 0 Å². The Hall–Kier alpha value is -3.50. The maximum atomic E-state index is 12.5. The van der Waals surface area contributed by atoms with Crippen LogP contribution in [0.5, 0.6) is 0 Å². The van der Waals surface area contributed by atoms with Gasteiger partial charge in [0.15, 0.2) is 5.96 Å². The number of nitrogens with two attached hydrogens (primary N) is 4. The Kier molecular flexibility index (Phi) is 12.9. The standard InChI is InChI=1S/C16H30N8O8/c17-7(4-11(18)27)12(28)23-9(5-25)14(30)22-8(2-1-3-21-16(19)20)13(29)24-10(6-26)15(31)32/h7-10,25-26H,1-6,17H2,(H2,18,27)(H,22,30)(H,23,28)(H,24,29)(H,31,32)(H4,19,20,21). The molecule has 0 radical (unpaired) electrons. The monoisotopic (exact) mass is 462 g/mol. The summed E-state index contributed by atoms with van der Waals surface area (Å²) in [5.74, 6) is -5.44. The summed E-state index contributed by atoms with van der Waals surface area (Å²) in [5, 5.41) is 33.9. The van der Waals surface area contributed by atoms with Crippen molar-refractivity contribution < 1.29 is 39.3 Å². The van der Waals surface area contributed by atoms with Crippen LogP contribution in [0.15, 0.2) is 4.99 Å². The lowest BCUT2D eigenvalue weighted by molar-refractivity contribution is -0.143. The second-order valence-electron chi connectivity index (χ2n) is 6.61. The highest BCUT2D eigenvalue weighted by molar-refractivity contribution is 5.95. The number of hydrogen-bond donors (Lipinski definition) is 10. The number of carbonyl (C=O) groups excluding carboxylic acids is 4. The van der Waals surface area contributed by atoms with Crippen LogP contribution in [-0.4, -0.2) is 94.8 Å². The van der Waals surface area contributed by atoms with Crippen LogP contribution in [0.4, 0.5) is 0 Å². The minimum atomic E-state index is -1.63.